The van der Waals surface area contributed by atoms with E-state index < -0.39 is 0 Å². The predicted octanol–water partition coefficient (Wildman–Crippen LogP) is 3.63. The molecular weight excluding hydrogens is 316 g/mol. The summed E-state index contributed by atoms with van der Waals surface area (Å²) in [6, 6.07) is 13.6. The largest absolute Gasteiger partial charge is 0.490 e. The number of carbonyl (C=O) groups is 1. The summed E-state index contributed by atoms with van der Waals surface area (Å²) >= 11 is 5.79. The average molecular weight is 331 g/mol. The van der Waals surface area contributed by atoms with E-state index in [1.807, 2.05) is 13.0 Å². The molecule has 2 rings (SSSR count). The van der Waals surface area contributed by atoms with E-state index in [4.69, 9.17) is 26.3 Å². The molecule has 2 aromatic carbocycles. The highest BCUT2D eigenvalue weighted by atomic mass is 35.5. The fourth-order valence-electron chi connectivity index (χ4n) is 1.84. The highest BCUT2D eigenvalue weighted by Crippen LogP contribution is 2.28. The Kier molecular flexibility index (Phi) is 5.84. The third kappa shape index (κ3) is 4.90. The lowest BCUT2D eigenvalue weighted by Crippen LogP contribution is -2.20. The Labute approximate surface area is 139 Å². The third-order valence-electron chi connectivity index (χ3n) is 2.86. The van der Waals surface area contributed by atoms with Gasteiger partial charge in [0, 0.05) is 16.8 Å². The molecule has 0 spiro atoms. The van der Waals surface area contributed by atoms with Crippen LogP contribution in [0, 0.1) is 11.3 Å². The number of hydrogen-bond acceptors (Lipinski definition) is 4. The topological polar surface area (TPSA) is 71.3 Å². The smallest absolute Gasteiger partial charge is 0.262 e. The normalized spacial score (nSPS) is 9.78. The Morgan fingerprint density at radius 1 is 1.17 bits per heavy atom. The van der Waals surface area contributed by atoms with Crippen LogP contribution >= 0.6 is 11.6 Å². The predicted molar refractivity (Wildman–Crippen MR) is 87.9 cm³/mol. The molecule has 23 heavy (non-hydrogen) atoms. The van der Waals surface area contributed by atoms with Crippen molar-refractivity contribution in [1.29, 1.82) is 5.26 Å². The van der Waals surface area contributed by atoms with Crippen molar-refractivity contribution in [2.75, 3.05) is 18.5 Å². The van der Waals surface area contributed by atoms with E-state index in [2.05, 4.69) is 5.32 Å². The number of benzene rings is 2. The molecule has 0 atom stereocenters. The van der Waals surface area contributed by atoms with Gasteiger partial charge in [0.15, 0.2) is 18.1 Å². The van der Waals surface area contributed by atoms with Crippen LogP contribution in [0.4, 0.5) is 5.69 Å². The van der Waals surface area contributed by atoms with Gasteiger partial charge in [0.25, 0.3) is 5.91 Å². The summed E-state index contributed by atoms with van der Waals surface area (Å²) in [6.07, 6.45) is 0. The number of hydrogen-bond donors (Lipinski definition) is 1. The van der Waals surface area contributed by atoms with Gasteiger partial charge >= 0.3 is 0 Å². The van der Waals surface area contributed by atoms with E-state index in [0.717, 1.165) is 0 Å². The average Bonchev–Trinajstić information content (AvgIpc) is 2.56. The number of ether oxygens (including phenoxy) is 2. The van der Waals surface area contributed by atoms with E-state index >= 15 is 0 Å². The lowest BCUT2D eigenvalue weighted by atomic mass is 10.2. The van der Waals surface area contributed by atoms with Gasteiger partial charge < -0.3 is 14.8 Å². The Hall–Kier alpha value is -2.71. The van der Waals surface area contributed by atoms with Crippen LogP contribution in [0.5, 0.6) is 11.5 Å². The number of halogens is 1. The molecule has 0 aliphatic rings. The first-order chi connectivity index (χ1) is 11.1. The molecule has 0 fully saturated rings. The van der Waals surface area contributed by atoms with Gasteiger partial charge in [-0.2, -0.15) is 5.26 Å². The molecule has 6 heteroatoms. The van der Waals surface area contributed by atoms with E-state index in [9.17, 15) is 4.79 Å². The van der Waals surface area contributed by atoms with Crippen LogP contribution in [0.15, 0.2) is 42.5 Å². The Bertz CT molecular complexity index is 724. The monoisotopic (exact) mass is 330 g/mol. The molecule has 118 valence electrons. The molecule has 1 amide bonds. The second kappa shape index (κ2) is 8.06. The molecule has 0 saturated heterocycles. The van der Waals surface area contributed by atoms with Crippen molar-refractivity contribution in [3.8, 4) is 17.6 Å². The summed E-state index contributed by atoms with van der Waals surface area (Å²) in [4.78, 5) is 11.9. The van der Waals surface area contributed by atoms with E-state index in [1.165, 1.54) is 0 Å². The van der Waals surface area contributed by atoms with E-state index in [1.54, 1.807) is 42.5 Å². The van der Waals surface area contributed by atoms with Crippen molar-refractivity contribution < 1.29 is 14.3 Å². The number of nitriles is 1. The van der Waals surface area contributed by atoms with Gasteiger partial charge in [0.2, 0.25) is 0 Å². The van der Waals surface area contributed by atoms with Crippen molar-refractivity contribution in [2.45, 2.75) is 6.92 Å². The standard InChI is InChI=1S/C17H15ClN2O3/c1-2-22-16-9-12(10-19)3-8-15(16)23-11-17(21)20-14-6-4-13(18)5-7-14/h3-9H,2,11H2,1H3,(H,20,21). The molecule has 0 aliphatic carbocycles. The zero-order valence-electron chi connectivity index (χ0n) is 12.5. The third-order valence-corrected chi connectivity index (χ3v) is 3.11. The van der Waals surface area contributed by atoms with Gasteiger partial charge in [0.05, 0.1) is 18.2 Å². The first-order valence-corrected chi connectivity index (χ1v) is 7.35. The summed E-state index contributed by atoms with van der Waals surface area (Å²) in [5, 5.41) is 12.2. The molecule has 0 aromatic heterocycles. The highest BCUT2D eigenvalue weighted by Gasteiger charge is 2.09. The van der Waals surface area contributed by atoms with Crippen molar-refractivity contribution in [1.82, 2.24) is 0 Å². The first-order valence-electron chi connectivity index (χ1n) is 6.97. The van der Waals surface area contributed by atoms with E-state index in [0.29, 0.717) is 34.4 Å². The van der Waals surface area contributed by atoms with Crippen LogP contribution in [-0.2, 0) is 4.79 Å². The minimum absolute atomic E-state index is 0.172. The van der Waals surface area contributed by atoms with Crippen molar-refractivity contribution in [3.63, 3.8) is 0 Å². The number of carbonyl (C=O) groups excluding carboxylic acids is 1. The Balaban J connectivity index is 1.98. The summed E-state index contributed by atoms with van der Waals surface area (Å²) in [6.45, 7) is 2.09. The molecule has 0 heterocycles. The second-order valence-corrected chi connectivity index (χ2v) is 4.99. The van der Waals surface area contributed by atoms with Gasteiger partial charge in [-0.05, 0) is 43.3 Å². The van der Waals surface area contributed by atoms with Crippen LogP contribution in [0.1, 0.15) is 12.5 Å². The van der Waals surface area contributed by atoms with Crippen molar-refractivity contribution in [3.05, 3.63) is 53.1 Å². The molecule has 5 nitrogen and oxygen atoms in total. The van der Waals surface area contributed by atoms with Crippen LogP contribution in [0.2, 0.25) is 5.02 Å². The Morgan fingerprint density at radius 3 is 2.57 bits per heavy atom. The summed E-state index contributed by atoms with van der Waals surface area (Å²) in [7, 11) is 0. The fraction of sp³-hybridized carbons (Fsp3) is 0.176. The molecule has 1 N–H and O–H groups in total. The lowest BCUT2D eigenvalue weighted by Gasteiger charge is -2.12. The molecule has 0 aliphatic heterocycles. The SMILES string of the molecule is CCOc1cc(C#N)ccc1OCC(=O)Nc1ccc(Cl)cc1. The number of rotatable bonds is 6. The quantitative estimate of drug-likeness (QED) is 0.878. The van der Waals surface area contributed by atoms with Crippen LogP contribution in [0.3, 0.4) is 0 Å². The number of nitrogens with one attached hydrogen (secondary N) is 1. The number of anilines is 1. The summed E-state index contributed by atoms with van der Waals surface area (Å²) < 4.78 is 10.9. The molecule has 0 saturated carbocycles. The van der Waals surface area contributed by atoms with Gasteiger partial charge in [-0.25, -0.2) is 0 Å². The minimum Gasteiger partial charge on any atom is -0.490 e. The molecular formula is C17H15ClN2O3. The second-order valence-electron chi connectivity index (χ2n) is 4.55. The van der Waals surface area contributed by atoms with Crippen LogP contribution < -0.4 is 14.8 Å². The molecule has 2 aromatic rings. The molecule has 0 bridgehead atoms. The van der Waals surface area contributed by atoms with E-state index in [-0.39, 0.29) is 12.5 Å². The number of amides is 1. The van der Waals surface area contributed by atoms with Crippen LogP contribution in [0.25, 0.3) is 0 Å². The van der Waals surface area contributed by atoms with Crippen LogP contribution in [-0.4, -0.2) is 19.1 Å². The zero-order valence-corrected chi connectivity index (χ0v) is 13.3. The van der Waals surface area contributed by atoms with Crippen molar-refractivity contribution in [2.24, 2.45) is 0 Å². The minimum atomic E-state index is -0.306. The summed E-state index contributed by atoms with van der Waals surface area (Å²) in [5.74, 6) is 0.544. The maximum absolute atomic E-state index is 11.9. The molecule has 0 unspecified atom stereocenters. The maximum atomic E-state index is 11.9. The number of nitrogens with zero attached hydrogens (tertiary/aromatic N) is 1. The first kappa shape index (κ1) is 16.7. The highest BCUT2D eigenvalue weighted by molar-refractivity contribution is 6.30. The van der Waals surface area contributed by atoms with Gasteiger partial charge in [0.1, 0.15) is 0 Å². The summed E-state index contributed by atoms with van der Waals surface area (Å²) in [5.41, 5.74) is 1.10. The van der Waals surface area contributed by atoms with Crippen molar-refractivity contribution >= 4 is 23.2 Å². The maximum Gasteiger partial charge on any atom is 0.262 e. The fourth-order valence-corrected chi connectivity index (χ4v) is 1.96. The van der Waals surface area contributed by atoms with Gasteiger partial charge in [-0.15, -0.1) is 0 Å². The zero-order chi connectivity index (χ0) is 16.7. The van der Waals surface area contributed by atoms with Gasteiger partial charge in [-0.3, -0.25) is 4.79 Å². The lowest BCUT2D eigenvalue weighted by molar-refractivity contribution is -0.118. The Morgan fingerprint density at radius 2 is 1.91 bits per heavy atom. The van der Waals surface area contributed by atoms with Gasteiger partial charge in [-0.1, -0.05) is 11.6 Å². The molecule has 0 radical (unpaired) electrons.